The van der Waals surface area contributed by atoms with Crippen molar-refractivity contribution in [3.05, 3.63) is 29.8 Å². The number of piperidine rings is 1. The fourth-order valence-electron chi connectivity index (χ4n) is 2.22. The predicted octanol–water partition coefficient (Wildman–Crippen LogP) is 1.21. The quantitative estimate of drug-likeness (QED) is 0.770. The summed E-state index contributed by atoms with van der Waals surface area (Å²) in [6.07, 6.45) is 1.36. The molecule has 0 aliphatic carbocycles. The molecule has 0 unspecified atom stereocenters. The minimum atomic E-state index is -0.833. The van der Waals surface area contributed by atoms with Crippen LogP contribution in [0.15, 0.2) is 24.3 Å². The van der Waals surface area contributed by atoms with Crippen LogP contribution >= 0.6 is 0 Å². The highest BCUT2D eigenvalue weighted by Crippen LogP contribution is 2.19. The number of likely N-dealkylation sites (tertiary alicyclic amines) is 1. The van der Waals surface area contributed by atoms with Gasteiger partial charge < -0.3 is 15.7 Å². The maximum Gasteiger partial charge on any atom is 0.308 e. The molecule has 0 radical (unpaired) electrons. The second kappa shape index (κ2) is 5.08. The van der Waals surface area contributed by atoms with E-state index in [0.29, 0.717) is 24.2 Å². The van der Waals surface area contributed by atoms with Crippen LogP contribution in [0.2, 0.25) is 0 Å². The first-order valence-electron chi connectivity index (χ1n) is 5.95. The third kappa shape index (κ3) is 2.61. The van der Waals surface area contributed by atoms with E-state index in [1.54, 1.807) is 29.2 Å². The lowest BCUT2D eigenvalue weighted by Gasteiger charge is -2.30. The summed E-state index contributed by atoms with van der Waals surface area (Å²) in [6, 6.07) is 6.75. The predicted molar refractivity (Wildman–Crippen MR) is 67.1 cm³/mol. The molecule has 1 aliphatic rings. The Morgan fingerprint density at radius 3 is 2.83 bits per heavy atom. The molecule has 1 aliphatic heterocycles. The number of anilines is 1. The number of nitrogen functional groups attached to an aromatic ring is 1. The van der Waals surface area contributed by atoms with Crippen molar-refractivity contribution in [2.24, 2.45) is 5.92 Å². The van der Waals surface area contributed by atoms with Crippen molar-refractivity contribution < 1.29 is 14.7 Å². The first kappa shape index (κ1) is 12.4. The summed E-state index contributed by atoms with van der Waals surface area (Å²) < 4.78 is 0. The van der Waals surface area contributed by atoms with Crippen molar-refractivity contribution in [1.29, 1.82) is 0 Å². The zero-order chi connectivity index (χ0) is 13.1. The molecule has 3 N–H and O–H groups in total. The van der Waals surface area contributed by atoms with Crippen LogP contribution in [0.25, 0.3) is 0 Å². The third-order valence-corrected chi connectivity index (χ3v) is 3.19. The summed E-state index contributed by atoms with van der Waals surface area (Å²) in [5, 5.41) is 8.99. The van der Waals surface area contributed by atoms with E-state index in [0.717, 1.165) is 6.42 Å². The lowest BCUT2D eigenvalue weighted by molar-refractivity contribution is -0.143. The Balaban J connectivity index is 2.11. The zero-order valence-electron chi connectivity index (χ0n) is 10.0. The van der Waals surface area contributed by atoms with E-state index in [-0.39, 0.29) is 12.5 Å². The van der Waals surface area contributed by atoms with Gasteiger partial charge in [-0.1, -0.05) is 6.07 Å². The average Bonchev–Trinajstić information content (AvgIpc) is 2.38. The summed E-state index contributed by atoms with van der Waals surface area (Å²) in [5.41, 5.74) is 6.69. The molecule has 1 amide bonds. The van der Waals surface area contributed by atoms with E-state index >= 15 is 0 Å². The molecule has 96 valence electrons. The maximum atomic E-state index is 12.2. The number of aliphatic carboxylic acids is 1. The van der Waals surface area contributed by atoms with Gasteiger partial charge in [0.25, 0.3) is 5.91 Å². The third-order valence-electron chi connectivity index (χ3n) is 3.19. The lowest BCUT2D eigenvalue weighted by Crippen LogP contribution is -2.42. The molecule has 1 atom stereocenters. The number of carbonyl (C=O) groups excluding carboxylic acids is 1. The fourth-order valence-corrected chi connectivity index (χ4v) is 2.22. The number of benzene rings is 1. The van der Waals surface area contributed by atoms with E-state index in [1.807, 2.05) is 0 Å². The smallest absolute Gasteiger partial charge is 0.308 e. The van der Waals surface area contributed by atoms with Crippen LogP contribution in [0.3, 0.4) is 0 Å². The van der Waals surface area contributed by atoms with Crippen LogP contribution in [0.4, 0.5) is 5.69 Å². The van der Waals surface area contributed by atoms with Crippen molar-refractivity contribution >= 4 is 17.6 Å². The SMILES string of the molecule is Nc1cccc(C(=O)N2CCC[C@@H](C(=O)O)C2)c1. The van der Waals surface area contributed by atoms with E-state index in [9.17, 15) is 9.59 Å². The summed E-state index contributed by atoms with van der Waals surface area (Å²) in [6.45, 7) is 0.889. The van der Waals surface area contributed by atoms with Crippen molar-refractivity contribution in [1.82, 2.24) is 4.90 Å². The van der Waals surface area contributed by atoms with Gasteiger partial charge >= 0.3 is 5.97 Å². The van der Waals surface area contributed by atoms with Gasteiger partial charge in [0, 0.05) is 24.3 Å². The number of amides is 1. The second-order valence-corrected chi connectivity index (χ2v) is 4.55. The Labute approximate surface area is 105 Å². The van der Waals surface area contributed by atoms with Gasteiger partial charge in [-0.05, 0) is 31.0 Å². The van der Waals surface area contributed by atoms with Gasteiger partial charge in [-0.2, -0.15) is 0 Å². The van der Waals surface area contributed by atoms with Crippen LogP contribution in [0, 0.1) is 5.92 Å². The van der Waals surface area contributed by atoms with E-state index < -0.39 is 11.9 Å². The molecule has 1 fully saturated rings. The summed E-state index contributed by atoms with van der Waals surface area (Å²) in [7, 11) is 0. The Kier molecular flexibility index (Phi) is 3.50. The molecular weight excluding hydrogens is 232 g/mol. The summed E-state index contributed by atoms with van der Waals surface area (Å²) in [5.74, 6) is -1.43. The second-order valence-electron chi connectivity index (χ2n) is 4.55. The molecule has 5 nitrogen and oxygen atoms in total. The van der Waals surface area contributed by atoms with Crippen molar-refractivity contribution in [3.63, 3.8) is 0 Å². The first-order valence-corrected chi connectivity index (χ1v) is 5.95. The van der Waals surface area contributed by atoms with Crippen molar-refractivity contribution in [3.8, 4) is 0 Å². The van der Waals surface area contributed by atoms with Crippen LogP contribution in [-0.2, 0) is 4.79 Å². The zero-order valence-corrected chi connectivity index (χ0v) is 10.0. The van der Waals surface area contributed by atoms with Crippen LogP contribution in [0.1, 0.15) is 23.2 Å². The standard InChI is InChI=1S/C13H16N2O3/c14-11-5-1-3-9(7-11)12(16)15-6-2-4-10(8-15)13(17)18/h1,3,5,7,10H,2,4,6,8,14H2,(H,17,18)/t10-/m1/s1. The summed E-state index contributed by atoms with van der Waals surface area (Å²) in [4.78, 5) is 24.7. The van der Waals surface area contributed by atoms with Crippen LogP contribution in [-0.4, -0.2) is 35.0 Å². The number of hydrogen-bond acceptors (Lipinski definition) is 3. The lowest BCUT2D eigenvalue weighted by atomic mass is 9.97. The van der Waals surface area contributed by atoms with Crippen LogP contribution in [0.5, 0.6) is 0 Å². The van der Waals surface area contributed by atoms with Gasteiger partial charge in [-0.3, -0.25) is 9.59 Å². The number of nitrogens with two attached hydrogens (primary N) is 1. The molecule has 1 saturated heterocycles. The Morgan fingerprint density at radius 2 is 2.17 bits per heavy atom. The fraction of sp³-hybridized carbons (Fsp3) is 0.385. The minimum Gasteiger partial charge on any atom is -0.481 e. The van der Waals surface area contributed by atoms with Crippen LogP contribution < -0.4 is 5.73 Å². The highest BCUT2D eigenvalue weighted by molar-refractivity contribution is 5.95. The molecule has 1 aromatic carbocycles. The first-order chi connectivity index (χ1) is 8.58. The Bertz CT molecular complexity index is 473. The molecule has 0 bridgehead atoms. The number of carbonyl (C=O) groups is 2. The topological polar surface area (TPSA) is 83.6 Å². The molecule has 1 aromatic rings. The normalized spacial score (nSPS) is 19.6. The largest absolute Gasteiger partial charge is 0.481 e. The molecule has 0 saturated carbocycles. The Morgan fingerprint density at radius 1 is 1.39 bits per heavy atom. The number of rotatable bonds is 2. The molecule has 5 heteroatoms. The highest BCUT2D eigenvalue weighted by Gasteiger charge is 2.28. The van der Waals surface area contributed by atoms with E-state index in [4.69, 9.17) is 10.8 Å². The van der Waals surface area contributed by atoms with Gasteiger partial charge in [-0.25, -0.2) is 0 Å². The number of nitrogens with zero attached hydrogens (tertiary/aromatic N) is 1. The number of carboxylic acid groups (broad SMARTS) is 1. The molecule has 0 spiro atoms. The van der Waals surface area contributed by atoms with Gasteiger partial charge in [-0.15, -0.1) is 0 Å². The van der Waals surface area contributed by atoms with Gasteiger partial charge in [0.2, 0.25) is 0 Å². The number of carboxylic acids is 1. The van der Waals surface area contributed by atoms with Gasteiger partial charge in [0.15, 0.2) is 0 Å². The molecular formula is C13H16N2O3. The maximum absolute atomic E-state index is 12.2. The molecule has 1 heterocycles. The van der Waals surface area contributed by atoms with Gasteiger partial charge in [0.1, 0.15) is 0 Å². The highest BCUT2D eigenvalue weighted by atomic mass is 16.4. The summed E-state index contributed by atoms with van der Waals surface area (Å²) >= 11 is 0. The minimum absolute atomic E-state index is 0.145. The van der Waals surface area contributed by atoms with Crippen molar-refractivity contribution in [2.45, 2.75) is 12.8 Å². The average molecular weight is 248 g/mol. The van der Waals surface area contributed by atoms with E-state index in [1.165, 1.54) is 0 Å². The molecule has 0 aromatic heterocycles. The molecule has 18 heavy (non-hydrogen) atoms. The Hall–Kier alpha value is -2.04. The number of hydrogen-bond donors (Lipinski definition) is 2. The van der Waals surface area contributed by atoms with E-state index in [2.05, 4.69) is 0 Å². The molecule has 2 rings (SSSR count). The van der Waals surface area contributed by atoms with Crippen molar-refractivity contribution in [2.75, 3.05) is 18.8 Å². The monoisotopic (exact) mass is 248 g/mol. The van der Waals surface area contributed by atoms with Gasteiger partial charge in [0.05, 0.1) is 5.92 Å².